The lowest BCUT2D eigenvalue weighted by atomic mass is 10.2. The van der Waals surface area contributed by atoms with Gasteiger partial charge >= 0.3 is 0 Å². The second-order valence-electron chi connectivity index (χ2n) is 2.88. The van der Waals surface area contributed by atoms with E-state index in [1.54, 1.807) is 11.3 Å². The Morgan fingerprint density at radius 3 is 2.85 bits per heavy atom. The Bertz CT molecular complexity index is 478. The molecule has 68 valence electrons. The lowest BCUT2D eigenvalue weighted by Gasteiger charge is -2.00. The van der Waals surface area contributed by atoms with Gasteiger partial charge in [-0.05, 0) is 41.4 Å². The summed E-state index contributed by atoms with van der Waals surface area (Å²) in [6.07, 6.45) is 0. The summed E-state index contributed by atoms with van der Waals surface area (Å²) in [5.41, 5.74) is 2.08. The van der Waals surface area contributed by atoms with Crippen LogP contribution in [0.3, 0.4) is 0 Å². The van der Waals surface area contributed by atoms with Crippen LogP contribution in [0.1, 0.15) is 10.6 Å². The minimum atomic E-state index is 0.762. The summed E-state index contributed by atoms with van der Waals surface area (Å²) in [5.74, 6) is 0. The highest BCUT2D eigenvalue weighted by Gasteiger charge is 2.09. The maximum absolute atomic E-state index is 6.08. The standard InChI is InChI=1S/C9H7BrClNS/c1-4-8(11)6(10)3-7-9(4)12-5(2)13-7/h3H,1-2H3. The van der Waals surface area contributed by atoms with Crippen molar-refractivity contribution in [1.82, 2.24) is 4.98 Å². The molecule has 0 saturated carbocycles. The number of hydrogen-bond donors (Lipinski definition) is 0. The van der Waals surface area contributed by atoms with Crippen molar-refractivity contribution in [2.24, 2.45) is 0 Å². The van der Waals surface area contributed by atoms with Crippen molar-refractivity contribution in [2.45, 2.75) is 13.8 Å². The van der Waals surface area contributed by atoms with E-state index in [-0.39, 0.29) is 0 Å². The highest BCUT2D eigenvalue weighted by atomic mass is 79.9. The van der Waals surface area contributed by atoms with E-state index in [0.717, 1.165) is 25.6 Å². The van der Waals surface area contributed by atoms with E-state index in [0.29, 0.717) is 0 Å². The van der Waals surface area contributed by atoms with E-state index in [9.17, 15) is 0 Å². The first-order chi connectivity index (χ1) is 6.09. The Morgan fingerprint density at radius 1 is 1.46 bits per heavy atom. The number of aryl methyl sites for hydroxylation is 2. The molecule has 0 aliphatic rings. The van der Waals surface area contributed by atoms with Crippen LogP contribution in [0, 0.1) is 13.8 Å². The molecule has 0 amide bonds. The fraction of sp³-hybridized carbons (Fsp3) is 0.222. The summed E-state index contributed by atoms with van der Waals surface area (Å²) in [6.45, 7) is 4.00. The van der Waals surface area contributed by atoms with Crippen molar-refractivity contribution in [1.29, 1.82) is 0 Å². The van der Waals surface area contributed by atoms with Gasteiger partial charge in [0.2, 0.25) is 0 Å². The highest BCUT2D eigenvalue weighted by molar-refractivity contribution is 9.10. The second kappa shape index (κ2) is 3.23. The monoisotopic (exact) mass is 275 g/mol. The largest absolute Gasteiger partial charge is 0.241 e. The summed E-state index contributed by atoms with van der Waals surface area (Å²) >= 11 is 11.2. The zero-order valence-corrected chi connectivity index (χ0v) is 10.3. The summed E-state index contributed by atoms with van der Waals surface area (Å²) in [7, 11) is 0. The van der Waals surface area contributed by atoms with Gasteiger partial charge in [-0.25, -0.2) is 4.98 Å². The molecule has 0 atom stereocenters. The summed E-state index contributed by atoms with van der Waals surface area (Å²) in [4.78, 5) is 4.43. The Balaban J connectivity index is 2.92. The molecule has 0 radical (unpaired) electrons. The third-order valence-corrected chi connectivity index (χ3v) is 4.17. The number of fused-ring (bicyclic) bond motifs is 1. The second-order valence-corrected chi connectivity index (χ2v) is 5.34. The molecule has 1 nitrogen and oxygen atoms in total. The molecular weight excluding hydrogens is 270 g/mol. The predicted octanol–water partition coefficient (Wildman–Crippen LogP) is 4.33. The molecule has 0 saturated heterocycles. The molecular formula is C9H7BrClNS. The Hall–Kier alpha value is -0.120. The summed E-state index contributed by atoms with van der Waals surface area (Å²) < 4.78 is 2.13. The summed E-state index contributed by atoms with van der Waals surface area (Å²) in [5, 5.41) is 1.84. The van der Waals surface area contributed by atoms with Crippen LogP contribution in [0.2, 0.25) is 5.02 Å². The molecule has 2 aromatic rings. The quantitative estimate of drug-likeness (QED) is 0.698. The fourth-order valence-electron chi connectivity index (χ4n) is 1.27. The van der Waals surface area contributed by atoms with Gasteiger partial charge in [-0.1, -0.05) is 11.6 Å². The molecule has 2 rings (SSSR count). The number of nitrogens with zero attached hydrogens (tertiary/aromatic N) is 1. The molecule has 13 heavy (non-hydrogen) atoms. The smallest absolute Gasteiger partial charge is 0.0907 e. The van der Waals surface area contributed by atoms with E-state index in [4.69, 9.17) is 11.6 Å². The lowest BCUT2D eigenvalue weighted by Crippen LogP contribution is -1.80. The number of benzene rings is 1. The molecule has 0 unspecified atom stereocenters. The number of thiazole rings is 1. The predicted molar refractivity (Wildman–Crippen MR) is 61.8 cm³/mol. The van der Waals surface area contributed by atoms with E-state index in [1.165, 1.54) is 4.70 Å². The van der Waals surface area contributed by atoms with Gasteiger partial charge < -0.3 is 0 Å². The minimum absolute atomic E-state index is 0.762. The Kier molecular flexibility index (Phi) is 2.34. The van der Waals surface area contributed by atoms with Crippen LogP contribution in [0.25, 0.3) is 10.2 Å². The first-order valence-corrected chi connectivity index (χ1v) is 5.80. The van der Waals surface area contributed by atoms with Crippen molar-refractivity contribution in [2.75, 3.05) is 0 Å². The lowest BCUT2D eigenvalue weighted by molar-refractivity contribution is 1.32. The van der Waals surface area contributed by atoms with Crippen LogP contribution in [0.4, 0.5) is 0 Å². The number of hydrogen-bond acceptors (Lipinski definition) is 2. The third-order valence-electron chi connectivity index (χ3n) is 1.91. The molecule has 0 bridgehead atoms. The number of halogens is 2. The number of aromatic nitrogens is 1. The maximum Gasteiger partial charge on any atom is 0.0907 e. The van der Waals surface area contributed by atoms with Crippen LogP contribution < -0.4 is 0 Å². The van der Waals surface area contributed by atoms with Crippen LogP contribution >= 0.6 is 38.9 Å². The molecule has 1 heterocycles. The third kappa shape index (κ3) is 1.49. The summed E-state index contributed by atoms with van der Waals surface area (Å²) in [6, 6.07) is 2.02. The van der Waals surface area contributed by atoms with Crippen LogP contribution in [0.5, 0.6) is 0 Å². The van der Waals surface area contributed by atoms with Crippen molar-refractivity contribution >= 4 is 49.1 Å². The van der Waals surface area contributed by atoms with Crippen LogP contribution in [-0.4, -0.2) is 4.98 Å². The topological polar surface area (TPSA) is 12.9 Å². The molecule has 1 aromatic carbocycles. The average molecular weight is 277 g/mol. The van der Waals surface area contributed by atoms with E-state index >= 15 is 0 Å². The first-order valence-electron chi connectivity index (χ1n) is 3.81. The Labute approximate surface area is 93.9 Å². The first kappa shape index (κ1) is 9.44. The SMILES string of the molecule is Cc1nc2c(C)c(Cl)c(Br)cc2s1. The van der Waals surface area contributed by atoms with Crippen LogP contribution in [0.15, 0.2) is 10.5 Å². The fourth-order valence-corrected chi connectivity index (χ4v) is 3.02. The number of rotatable bonds is 0. The zero-order valence-electron chi connectivity index (χ0n) is 7.19. The molecule has 0 N–H and O–H groups in total. The molecule has 0 aliphatic carbocycles. The van der Waals surface area contributed by atoms with E-state index in [2.05, 4.69) is 20.9 Å². The van der Waals surface area contributed by atoms with Gasteiger partial charge in [-0.2, -0.15) is 0 Å². The van der Waals surface area contributed by atoms with Gasteiger partial charge in [0.05, 0.1) is 20.2 Å². The minimum Gasteiger partial charge on any atom is -0.241 e. The van der Waals surface area contributed by atoms with Crippen molar-refractivity contribution in [3.05, 3.63) is 26.1 Å². The maximum atomic E-state index is 6.08. The van der Waals surface area contributed by atoms with Crippen LogP contribution in [-0.2, 0) is 0 Å². The van der Waals surface area contributed by atoms with Gasteiger partial charge in [0.15, 0.2) is 0 Å². The molecule has 4 heteroatoms. The Morgan fingerprint density at radius 2 is 2.15 bits per heavy atom. The van der Waals surface area contributed by atoms with Gasteiger partial charge in [0.25, 0.3) is 0 Å². The zero-order chi connectivity index (χ0) is 9.59. The molecule has 1 aromatic heterocycles. The van der Waals surface area contributed by atoms with E-state index < -0.39 is 0 Å². The van der Waals surface area contributed by atoms with Gasteiger partial charge in [-0.3, -0.25) is 0 Å². The van der Waals surface area contributed by atoms with Gasteiger partial charge in [0, 0.05) is 4.47 Å². The van der Waals surface area contributed by atoms with Gasteiger partial charge in [0.1, 0.15) is 0 Å². The van der Waals surface area contributed by atoms with Gasteiger partial charge in [-0.15, -0.1) is 11.3 Å². The highest BCUT2D eigenvalue weighted by Crippen LogP contribution is 2.34. The molecule has 0 spiro atoms. The van der Waals surface area contributed by atoms with Crippen molar-refractivity contribution in [3.63, 3.8) is 0 Å². The van der Waals surface area contributed by atoms with Crippen molar-refractivity contribution < 1.29 is 0 Å². The van der Waals surface area contributed by atoms with E-state index in [1.807, 2.05) is 19.9 Å². The molecule has 0 fully saturated rings. The van der Waals surface area contributed by atoms with Crippen molar-refractivity contribution in [3.8, 4) is 0 Å². The average Bonchev–Trinajstić information content (AvgIpc) is 2.42. The molecule has 0 aliphatic heterocycles. The normalized spacial score (nSPS) is 11.1.